The maximum atomic E-state index is 11.5. The maximum absolute atomic E-state index is 11.5. The molecule has 1 aromatic rings. The second-order valence-corrected chi connectivity index (χ2v) is 3.90. The number of imidazole rings is 1. The fraction of sp³-hybridized carbons (Fsp3) is 0.636. The lowest BCUT2D eigenvalue weighted by Crippen LogP contribution is -2.40. The molecule has 1 rings (SSSR count). The monoisotopic (exact) mass is 224 g/mol. The van der Waals surface area contributed by atoms with Gasteiger partial charge in [-0.3, -0.25) is 4.79 Å². The van der Waals surface area contributed by atoms with E-state index < -0.39 is 0 Å². The van der Waals surface area contributed by atoms with Crippen LogP contribution in [0.5, 0.6) is 0 Å². The highest BCUT2D eigenvalue weighted by atomic mass is 16.1. The van der Waals surface area contributed by atoms with E-state index in [-0.39, 0.29) is 11.9 Å². The Morgan fingerprint density at radius 2 is 2.38 bits per heavy atom. The van der Waals surface area contributed by atoms with Crippen LogP contribution in [0.25, 0.3) is 0 Å². The molecule has 0 aromatic carbocycles. The Bertz CT molecular complexity index is 297. The molecule has 1 amide bonds. The molecule has 0 aliphatic heterocycles. The lowest BCUT2D eigenvalue weighted by Gasteiger charge is -2.14. The van der Waals surface area contributed by atoms with Gasteiger partial charge in [-0.25, -0.2) is 4.98 Å². The van der Waals surface area contributed by atoms with E-state index in [0.717, 1.165) is 19.5 Å². The van der Waals surface area contributed by atoms with E-state index >= 15 is 0 Å². The second kappa shape index (κ2) is 7.00. The summed E-state index contributed by atoms with van der Waals surface area (Å²) >= 11 is 0. The number of rotatable bonds is 7. The molecule has 5 nitrogen and oxygen atoms in total. The van der Waals surface area contributed by atoms with Crippen molar-refractivity contribution in [3.8, 4) is 0 Å². The van der Waals surface area contributed by atoms with Crippen LogP contribution in [-0.4, -0.2) is 34.6 Å². The molecule has 2 N–H and O–H groups in total. The van der Waals surface area contributed by atoms with Crippen molar-refractivity contribution >= 4 is 5.91 Å². The largest absolute Gasteiger partial charge is 0.351 e. The van der Waals surface area contributed by atoms with Crippen LogP contribution >= 0.6 is 0 Å². The SMILES string of the molecule is CCCNCC(=O)NC(C)Cn1ccnc1. The van der Waals surface area contributed by atoms with Gasteiger partial charge in [-0.1, -0.05) is 6.92 Å². The van der Waals surface area contributed by atoms with Crippen molar-refractivity contribution < 1.29 is 4.79 Å². The van der Waals surface area contributed by atoms with Crippen molar-refractivity contribution in [3.05, 3.63) is 18.7 Å². The molecule has 0 spiro atoms. The zero-order valence-electron chi connectivity index (χ0n) is 9.94. The molecule has 0 aliphatic carbocycles. The van der Waals surface area contributed by atoms with Gasteiger partial charge in [0.1, 0.15) is 0 Å². The number of carbonyl (C=O) groups excluding carboxylic acids is 1. The van der Waals surface area contributed by atoms with Gasteiger partial charge < -0.3 is 15.2 Å². The first-order valence-electron chi connectivity index (χ1n) is 5.68. The minimum Gasteiger partial charge on any atom is -0.351 e. The number of amides is 1. The van der Waals surface area contributed by atoms with Crippen LogP contribution in [0.4, 0.5) is 0 Å². The summed E-state index contributed by atoms with van der Waals surface area (Å²) in [5.41, 5.74) is 0. The van der Waals surface area contributed by atoms with E-state index in [9.17, 15) is 4.79 Å². The predicted octanol–water partition coefficient (Wildman–Crippen LogP) is 0.387. The molecule has 1 aromatic heterocycles. The van der Waals surface area contributed by atoms with Crippen LogP contribution in [-0.2, 0) is 11.3 Å². The van der Waals surface area contributed by atoms with Crippen LogP contribution in [0.2, 0.25) is 0 Å². The van der Waals surface area contributed by atoms with Crippen LogP contribution in [0.15, 0.2) is 18.7 Å². The summed E-state index contributed by atoms with van der Waals surface area (Å²) in [6.45, 7) is 6.08. The minimum atomic E-state index is 0.0427. The Balaban J connectivity index is 2.18. The summed E-state index contributed by atoms with van der Waals surface area (Å²) in [7, 11) is 0. The highest BCUT2D eigenvalue weighted by Crippen LogP contribution is 1.91. The van der Waals surface area contributed by atoms with E-state index in [1.807, 2.05) is 17.7 Å². The highest BCUT2D eigenvalue weighted by Gasteiger charge is 2.06. The van der Waals surface area contributed by atoms with Crippen molar-refractivity contribution in [3.63, 3.8) is 0 Å². The third kappa shape index (κ3) is 4.93. The Morgan fingerprint density at radius 1 is 1.56 bits per heavy atom. The van der Waals surface area contributed by atoms with Gasteiger partial charge in [0.2, 0.25) is 5.91 Å². The first-order chi connectivity index (χ1) is 7.72. The third-order valence-corrected chi connectivity index (χ3v) is 2.16. The standard InChI is InChI=1S/C11H20N4O/c1-3-4-12-7-11(16)14-10(2)8-15-6-5-13-9-15/h5-6,9-10,12H,3-4,7-8H2,1-2H3,(H,14,16). The molecule has 1 atom stereocenters. The van der Waals surface area contributed by atoms with E-state index in [1.165, 1.54) is 0 Å². The fourth-order valence-corrected chi connectivity index (χ4v) is 1.46. The summed E-state index contributed by atoms with van der Waals surface area (Å²) in [6, 6.07) is 0.116. The van der Waals surface area contributed by atoms with Gasteiger partial charge in [-0.2, -0.15) is 0 Å². The molecule has 1 unspecified atom stereocenters. The van der Waals surface area contributed by atoms with Crippen molar-refractivity contribution in [1.82, 2.24) is 20.2 Å². The Labute approximate surface area is 96.3 Å². The summed E-state index contributed by atoms with van der Waals surface area (Å²) in [5, 5.41) is 5.99. The lowest BCUT2D eigenvalue weighted by molar-refractivity contribution is -0.120. The average Bonchev–Trinajstić information content (AvgIpc) is 2.70. The van der Waals surface area contributed by atoms with Gasteiger partial charge in [-0.05, 0) is 19.9 Å². The Morgan fingerprint density at radius 3 is 3.00 bits per heavy atom. The Hall–Kier alpha value is -1.36. The van der Waals surface area contributed by atoms with Crippen molar-refractivity contribution in [2.24, 2.45) is 0 Å². The van der Waals surface area contributed by atoms with Crippen LogP contribution in [0.3, 0.4) is 0 Å². The van der Waals surface area contributed by atoms with E-state index in [1.54, 1.807) is 12.5 Å². The molecule has 5 heteroatoms. The minimum absolute atomic E-state index is 0.0427. The van der Waals surface area contributed by atoms with Crippen LogP contribution in [0.1, 0.15) is 20.3 Å². The maximum Gasteiger partial charge on any atom is 0.234 e. The first kappa shape index (κ1) is 12.7. The van der Waals surface area contributed by atoms with Crippen molar-refractivity contribution in [2.75, 3.05) is 13.1 Å². The molecule has 16 heavy (non-hydrogen) atoms. The smallest absolute Gasteiger partial charge is 0.234 e. The van der Waals surface area contributed by atoms with Gasteiger partial charge in [-0.15, -0.1) is 0 Å². The number of nitrogens with zero attached hydrogens (tertiary/aromatic N) is 2. The third-order valence-electron chi connectivity index (χ3n) is 2.16. The van der Waals surface area contributed by atoms with E-state index in [4.69, 9.17) is 0 Å². The number of aromatic nitrogens is 2. The molecule has 0 saturated heterocycles. The zero-order valence-corrected chi connectivity index (χ0v) is 9.94. The molecule has 0 radical (unpaired) electrons. The van der Waals surface area contributed by atoms with Gasteiger partial charge in [0, 0.05) is 25.0 Å². The van der Waals surface area contributed by atoms with Crippen LogP contribution < -0.4 is 10.6 Å². The summed E-state index contributed by atoms with van der Waals surface area (Å²) in [6.07, 6.45) is 6.41. The molecular weight excluding hydrogens is 204 g/mol. The molecular formula is C11H20N4O. The van der Waals surface area contributed by atoms with Gasteiger partial charge in [0.15, 0.2) is 0 Å². The summed E-state index contributed by atoms with van der Waals surface area (Å²) in [4.78, 5) is 15.4. The van der Waals surface area contributed by atoms with Gasteiger partial charge in [0.25, 0.3) is 0 Å². The van der Waals surface area contributed by atoms with Gasteiger partial charge >= 0.3 is 0 Å². The molecule has 1 heterocycles. The number of nitrogens with one attached hydrogen (secondary N) is 2. The number of hydrogen-bond donors (Lipinski definition) is 2. The number of carbonyl (C=O) groups is 1. The zero-order chi connectivity index (χ0) is 11.8. The van der Waals surface area contributed by atoms with E-state index in [0.29, 0.717) is 6.54 Å². The van der Waals surface area contributed by atoms with Crippen LogP contribution in [0, 0.1) is 0 Å². The lowest BCUT2D eigenvalue weighted by atomic mass is 10.3. The average molecular weight is 224 g/mol. The topological polar surface area (TPSA) is 59.0 Å². The normalized spacial score (nSPS) is 12.4. The predicted molar refractivity (Wildman–Crippen MR) is 63.0 cm³/mol. The molecule has 0 aliphatic rings. The fourth-order valence-electron chi connectivity index (χ4n) is 1.46. The van der Waals surface area contributed by atoms with E-state index in [2.05, 4.69) is 22.5 Å². The molecule has 0 bridgehead atoms. The van der Waals surface area contributed by atoms with Gasteiger partial charge in [0.05, 0.1) is 12.9 Å². The summed E-state index contributed by atoms with van der Waals surface area (Å²) in [5.74, 6) is 0.0427. The highest BCUT2D eigenvalue weighted by molar-refractivity contribution is 5.78. The first-order valence-corrected chi connectivity index (χ1v) is 5.68. The molecule has 90 valence electrons. The molecule has 0 saturated carbocycles. The molecule has 0 fully saturated rings. The quantitative estimate of drug-likeness (QED) is 0.659. The Kier molecular flexibility index (Phi) is 5.56. The second-order valence-electron chi connectivity index (χ2n) is 3.90. The van der Waals surface area contributed by atoms with Crippen molar-refractivity contribution in [2.45, 2.75) is 32.9 Å². The van der Waals surface area contributed by atoms with Crippen molar-refractivity contribution in [1.29, 1.82) is 0 Å². The number of hydrogen-bond acceptors (Lipinski definition) is 3. The summed E-state index contributed by atoms with van der Waals surface area (Å²) < 4.78 is 1.95.